The van der Waals surface area contributed by atoms with Crippen LogP contribution in [0.15, 0.2) is 0 Å². The minimum atomic E-state index is -0.940. The summed E-state index contributed by atoms with van der Waals surface area (Å²) in [6, 6.07) is -0.388. The van der Waals surface area contributed by atoms with Gasteiger partial charge in [0.1, 0.15) is 0 Å². The average molecular weight is 249 g/mol. The van der Waals surface area contributed by atoms with Gasteiger partial charge in [-0.3, -0.25) is 0 Å². The molecule has 0 aliphatic rings. The zero-order chi connectivity index (χ0) is 10.5. The number of aliphatic carboxylic acids is 1. The molecule has 0 bridgehead atoms. The normalized spacial score (nSPS) is 14.4. The molecule has 0 aliphatic heterocycles. The van der Waals surface area contributed by atoms with Crippen LogP contribution in [0.3, 0.4) is 0 Å². The van der Waals surface area contributed by atoms with E-state index < -0.39 is 5.97 Å². The molecule has 1 atom stereocenters. The van der Waals surface area contributed by atoms with Gasteiger partial charge in [0.15, 0.2) is 0 Å². The van der Waals surface area contributed by atoms with E-state index in [2.05, 4.69) is 4.27 Å². The van der Waals surface area contributed by atoms with Gasteiger partial charge in [0.05, 0.1) is 0 Å². The van der Waals surface area contributed by atoms with Gasteiger partial charge >= 0.3 is 87.9 Å². The Hall–Kier alpha value is -0.0671. The summed E-state index contributed by atoms with van der Waals surface area (Å²) in [5, 5.41) is 10.8. The molecule has 4 nitrogen and oxygen atoms in total. The third-order valence-electron chi connectivity index (χ3n) is 2.11. The van der Waals surface area contributed by atoms with Crippen LogP contribution in [-0.2, 0) is 4.79 Å². The molecule has 13 heavy (non-hydrogen) atoms. The fraction of sp³-hybridized carbons (Fsp3) is 0.875. The van der Waals surface area contributed by atoms with Gasteiger partial charge in [0.25, 0.3) is 0 Å². The van der Waals surface area contributed by atoms with Crippen molar-refractivity contribution >= 4 is 22.7 Å². The Labute approximate surface area is 88.3 Å². The first-order valence-corrected chi connectivity index (χ1v) is 6.66. The van der Waals surface area contributed by atoms with E-state index in [0.717, 1.165) is 13.0 Å². The van der Waals surface area contributed by atoms with Gasteiger partial charge in [0, 0.05) is 0 Å². The van der Waals surface area contributed by atoms with E-state index in [1.807, 2.05) is 21.1 Å². The summed E-state index contributed by atoms with van der Waals surface area (Å²) in [5.74, 6) is -0.940. The van der Waals surface area contributed by atoms with Gasteiger partial charge in [-0.1, -0.05) is 0 Å². The van der Waals surface area contributed by atoms with Crippen LogP contribution in [0.1, 0.15) is 12.8 Å². The second-order valence-corrected chi connectivity index (χ2v) is 5.68. The topological polar surface area (TPSA) is 52.2 Å². The van der Waals surface area contributed by atoms with Crippen molar-refractivity contribution < 1.29 is 14.4 Å². The molecule has 0 radical (unpaired) electrons. The first-order valence-electron chi connectivity index (χ1n) is 4.56. The Morgan fingerprint density at radius 1 is 1.54 bits per heavy atom. The Morgan fingerprint density at radius 3 is 2.38 bits per heavy atom. The van der Waals surface area contributed by atoms with Crippen molar-refractivity contribution in [2.24, 2.45) is 0 Å². The van der Waals surface area contributed by atoms with Gasteiger partial charge in [-0.25, -0.2) is 0 Å². The number of nitrogens with zero attached hydrogens (tertiary/aromatic N) is 1. The Morgan fingerprint density at radius 2 is 2.08 bits per heavy atom. The Kier molecular flexibility index (Phi) is 5.59. The van der Waals surface area contributed by atoms with Gasteiger partial charge < -0.3 is 0 Å². The van der Waals surface area contributed by atoms with E-state index in [1.54, 1.807) is 0 Å². The number of carbonyl (C=O) groups excluding carboxylic acids is 1. The average Bonchev–Trinajstić information content (AvgIpc) is 1.94. The SMILES string of the molecule is C[N+](C)(C)C(CCC[NH][GeH3])C(=O)[O-]. The van der Waals surface area contributed by atoms with E-state index in [4.69, 9.17) is 0 Å². The molecule has 0 aromatic carbocycles. The molecule has 0 spiro atoms. The van der Waals surface area contributed by atoms with Crippen molar-refractivity contribution in [1.29, 1.82) is 0 Å². The van der Waals surface area contributed by atoms with Crippen LogP contribution in [0.5, 0.6) is 0 Å². The minimum absolute atomic E-state index is 0.388. The van der Waals surface area contributed by atoms with Crippen molar-refractivity contribution in [1.82, 2.24) is 4.27 Å². The number of quaternary nitrogens is 1. The fourth-order valence-corrected chi connectivity index (χ4v) is 2.04. The number of carboxylic acid groups (broad SMARTS) is 1. The van der Waals surface area contributed by atoms with Crippen LogP contribution in [0.4, 0.5) is 0 Å². The van der Waals surface area contributed by atoms with E-state index in [0.29, 0.717) is 27.6 Å². The summed E-state index contributed by atoms with van der Waals surface area (Å²) in [6.45, 7) is 0.934. The molecule has 1 unspecified atom stereocenters. The number of likely N-dealkylation sites (N-methyl/N-ethyl adjacent to an activating group) is 1. The number of rotatable bonds is 6. The molecule has 5 heteroatoms. The van der Waals surface area contributed by atoms with Crippen molar-refractivity contribution in [2.45, 2.75) is 18.9 Å². The molecule has 0 saturated heterocycles. The van der Waals surface area contributed by atoms with Gasteiger partial charge in [0.2, 0.25) is 0 Å². The number of hydrogen-bond acceptors (Lipinski definition) is 3. The zero-order valence-corrected chi connectivity index (χ0v) is 13.2. The molecular formula is C8H20GeN2O2. The quantitative estimate of drug-likeness (QED) is 0.320. The fourth-order valence-electron chi connectivity index (χ4n) is 1.29. The summed E-state index contributed by atoms with van der Waals surface area (Å²) < 4.78 is 3.62. The predicted octanol–water partition coefficient (Wildman–Crippen LogP) is -2.54. The molecule has 0 heterocycles. The first-order chi connectivity index (χ1) is 5.89. The second-order valence-electron chi connectivity index (χ2n) is 4.20. The monoisotopic (exact) mass is 250 g/mol. The summed E-state index contributed by atoms with van der Waals surface area (Å²) in [6.07, 6.45) is 1.60. The van der Waals surface area contributed by atoms with E-state index in [-0.39, 0.29) is 6.04 Å². The molecule has 78 valence electrons. The number of carbonyl (C=O) groups is 1. The number of hydrogen-bond donors (Lipinski definition) is 1. The summed E-state index contributed by atoms with van der Waals surface area (Å²) in [4.78, 5) is 10.8. The van der Waals surface area contributed by atoms with Crippen LogP contribution < -0.4 is 9.38 Å². The van der Waals surface area contributed by atoms with Crippen molar-refractivity contribution in [3.63, 3.8) is 0 Å². The molecule has 0 saturated carbocycles. The maximum atomic E-state index is 10.8. The molecule has 1 N–H and O–H groups in total. The van der Waals surface area contributed by atoms with Crippen LogP contribution in [0.2, 0.25) is 0 Å². The summed E-state index contributed by atoms with van der Waals surface area (Å²) in [7, 11) is 5.66. The molecular weight excluding hydrogens is 229 g/mol. The van der Waals surface area contributed by atoms with Gasteiger partial charge in [-0.15, -0.1) is 0 Å². The number of carboxylic acids is 1. The zero-order valence-electron chi connectivity index (χ0n) is 8.96. The second kappa shape index (κ2) is 5.62. The first kappa shape index (κ1) is 12.9. The third-order valence-corrected chi connectivity index (χ3v) is 3.16. The molecule has 0 aromatic rings. The van der Waals surface area contributed by atoms with E-state index >= 15 is 0 Å². The van der Waals surface area contributed by atoms with Crippen molar-refractivity contribution in [3.8, 4) is 0 Å². The predicted molar refractivity (Wildman–Crippen MR) is 54.0 cm³/mol. The molecule has 0 fully saturated rings. The van der Waals surface area contributed by atoms with E-state index in [1.165, 1.54) is 0 Å². The van der Waals surface area contributed by atoms with Gasteiger partial charge in [-0.2, -0.15) is 0 Å². The van der Waals surface area contributed by atoms with Crippen molar-refractivity contribution in [2.75, 3.05) is 27.7 Å². The Bertz CT molecular complexity index is 168. The Balaban J connectivity index is 4.04. The van der Waals surface area contributed by atoms with Crippen LogP contribution in [0, 0.1) is 0 Å². The van der Waals surface area contributed by atoms with Crippen LogP contribution in [0.25, 0.3) is 0 Å². The molecule has 0 aliphatic carbocycles. The maximum absolute atomic E-state index is 10.8. The van der Waals surface area contributed by atoms with E-state index in [9.17, 15) is 9.90 Å². The number of nitrogens with one attached hydrogen (secondary N) is 1. The summed E-state index contributed by atoms with van der Waals surface area (Å²) in [5.41, 5.74) is 0. The molecule has 0 aromatic heterocycles. The third kappa shape index (κ3) is 5.28. The van der Waals surface area contributed by atoms with Crippen molar-refractivity contribution in [3.05, 3.63) is 0 Å². The van der Waals surface area contributed by atoms with Crippen LogP contribution in [-0.4, -0.2) is 60.9 Å². The molecule has 0 amide bonds. The standard InChI is InChI=1S/C8H20GeN2O2/c1-11(2,3)7(8(12)13)5-4-6-10-9/h7,10H,4-6H2,1-3,9H3. The van der Waals surface area contributed by atoms with Gasteiger partial charge in [-0.05, 0) is 0 Å². The summed E-state index contributed by atoms with van der Waals surface area (Å²) >= 11 is 0.653. The molecule has 0 rings (SSSR count). The van der Waals surface area contributed by atoms with Crippen LogP contribution >= 0.6 is 0 Å².